The fraction of sp³-hybridized carbons (Fsp3) is 1.00. The van der Waals surface area contributed by atoms with Crippen LogP contribution in [0.3, 0.4) is 0 Å². The molecule has 0 aromatic carbocycles. The van der Waals surface area contributed by atoms with Gasteiger partial charge in [0.2, 0.25) is 0 Å². The zero-order chi connectivity index (χ0) is 9.10. The van der Waals surface area contributed by atoms with E-state index in [1.807, 2.05) is 11.8 Å². The molecule has 76 valence electrons. The van der Waals surface area contributed by atoms with Crippen LogP contribution in [0.2, 0.25) is 0 Å². The zero-order valence-electron chi connectivity index (χ0n) is 7.65. The Bertz CT molecular complexity index is 159. The third-order valence-electron chi connectivity index (χ3n) is 2.57. The normalized spacial score (nSPS) is 39.9. The lowest BCUT2D eigenvalue weighted by Crippen LogP contribution is -2.18. The maximum atomic E-state index is 8.84. The molecular weight excluding hydrogens is 188 g/mol. The van der Waals surface area contributed by atoms with Crippen LogP contribution < -0.4 is 0 Å². The first-order chi connectivity index (χ1) is 6.38. The molecule has 2 saturated heterocycles. The molecule has 0 bridgehead atoms. The quantitative estimate of drug-likeness (QED) is 0.740. The Morgan fingerprint density at radius 2 is 2.38 bits per heavy atom. The van der Waals surface area contributed by atoms with Crippen molar-refractivity contribution in [2.75, 3.05) is 24.7 Å². The van der Waals surface area contributed by atoms with E-state index in [9.17, 15) is 0 Å². The van der Waals surface area contributed by atoms with Crippen LogP contribution in [0.5, 0.6) is 0 Å². The molecule has 13 heavy (non-hydrogen) atoms. The summed E-state index contributed by atoms with van der Waals surface area (Å²) in [5, 5.41) is 8.84. The fourth-order valence-electron chi connectivity index (χ4n) is 1.77. The SMILES string of the molecule is OCC1COC(CC2CCSC2)O1. The van der Waals surface area contributed by atoms with Crippen molar-refractivity contribution in [1.29, 1.82) is 0 Å². The Kier molecular flexibility index (Phi) is 3.49. The average molecular weight is 204 g/mol. The Morgan fingerprint density at radius 3 is 3.00 bits per heavy atom. The van der Waals surface area contributed by atoms with E-state index in [0.29, 0.717) is 6.61 Å². The van der Waals surface area contributed by atoms with Crippen molar-refractivity contribution in [1.82, 2.24) is 0 Å². The van der Waals surface area contributed by atoms with E-state index in [4.69, 9.17) is 14.6 Å². The van der Waals surface area contributed by atoms with Gasteiger partial charge in [0, 0.05) is 6.42 Å². The molecule has 2 rings (SSSR count). The lowest BCUT2D eigenvalue weighted by molar-refractivity contribution is -0.0761. The van der Waals surface area contributed by atoms with Crippen LogP contribution in [-0.4, -0.2) is 42.2 Å². The van der Waals surface area contributed by atoms with Crippen molar-refractivity contribution in [3.63, 3.8) is 0 Å². The highest BCUT2D eigenvalue weighted by Crippen LogP contribution is 2.29. The highest BCUT2D eigenvalue weighted by atomic mass is 32.2. The van der Waals surface area contributed by atoms with Gasteiger partial charge in [0.15, 0.2) is 6.29 Å². The molecule has 1 N–H and O–H groups in total. The van der Waals surface area contributed by atoms with Crippen LogP contribution in [-0.2, 0) is 9.47 Å². The van der Waals surface area contributed by atoms with E-state index < -0.39 is 0 Å². The van der Waals surface area contributed by atoms with E-state index >= 15 is 0 Å². The number of aliphatic hydroxyl groups is 1. The van der Waals surface area contributed by atoms with Crippen LogP contribution in [0.1, 0.15) is 12.8 Å². The lowest BCUT2D eigenvalue weighted by Gasteiger charge is -2.14. The first-order valence-corrected chi connectivity index (χ1v) is 5.99. The summed E-state index contributed by atoms with van der Waals surface area (Å²) < 4.78 is 10.9. The van der Waals surface area contributed by atoms with E-state index in [2.05, 4.69) is 0 Å². The van der Waals surface area contributed by atoms with Gasteiger partial charge in [-0.05, 0) is 23.8 Å². The number of rotatable bonds is 3. The van der Waals surface area contributed by atoms with Gasteiger partial charge >= 0.3 is 0 Å². The smallest absolute Gasteiger partial charge is 0.158 e. The summed E-state index contributed by atoms with van der Waals surface area (Å²) in [5.74, 6) is 3.28. The summed E-state index contributed by atoms with van der Waals surface area (Å²) in [7, 11) is 0. The number of hydrogen-bond donors (Lipinski definition) is 1. The fourth-order valence-corrected chi connectivity index (χ4v) is 3.07. The van der Waals surface area contributed by atoms with E-state index in [1.54, 1.807) is 0 Å². The van der Waals surface area contributed by atoms with Gasteiger partial charge in [-0.15, -0.1) is 0 Å². The van der Waals surface area contributed by atoms with Gasteiger partial charge in [0.25, 0.3) is 0 Å². The molecule has 3 nitrogen and oxygen atoms in total. The van der Waals surface area contributed by atoms with E-state index in [0.717, 1.165) is 12.3 Å². The Hall–Kier alpha value is 0.230. The topological polar surface area (TPSA) is 38.7 Å². The minimum atomic E-state index is -0.0842. The minimum Gasteiger partial charge on any atom is -0.394 e. The second-order valence-corrected chi connectivity index (χ2v) is 4.82. The van der Waals surface area contributed by atoms with E-state index in [-0.39, 0.29) is 19.0 Å². The molecule has 0 aromatic heterocycles. The molecule has 4 heteroatoms. The maximum absolute atomic E-state index is 8.84. The van der Waals surface area contributed by atoms with Gasteiger partial charge in [-0.1, -0.05) is 0 Å². The average Bonchev–Trinajstić information content (AvgIpc) is 2.76. The number of aliphatic hydroxyl groups excluding tert-OH is 1. The first kappa shape index (κ1) is 9.77. The molecule has 0 amide bonds. The minimum absolute atomic E-state index is 0.0548. The van der Waals surface area contributed by atoms with Crippen LogP contribution in [0.4, 0.5) is 0 Å². The molecular formula is C9H16O3S. The van der Waals surface area contributed by atoms with Crippen molar-refractivity contribution >= 4 is 11.8 Å². The molecule has 2 heterocycles. The van der Waals surface area contributed by atoms with Gasteiger partial charge in [0.05, 0.1) is 13.2 Å². The monoisotopic (exact) mass is 204 g/mol. The summed E-state index contributed by atoms with van der Waals surface area (Å²) in [6.45, 7) is 0.636. The summed E-state index contributed by atoms with van der Waals surface area (Å²) in [6.07, 6.45) is 2.15. The van der Waals surface area contributed by atoms with Crippen molar-refractivity contribution in [3.8, 4) is 0 Å². The number of ether oxygens (including phenoxy) is 2. The van der Waals surface area contributed by atoms with Crippen LogP contribution >= 0.6 is 11.8 Å². The molecule has 0 aromatic rings. The van der Waals surface area contributed by atoms with Gasteiger partial charge < -0.3 is 14.6 Å². The first-order valence-electron chi connectivity index (χ1n) is 4.84. The van der Waals surface area contributed by atoms with E-state index in [1.165, 1.54) is 17.9 Å². The Morgan fingerprint density at radius 1 is 1.46 bits per heavy atom. The van der Waals surface area contributed by atoms with Gasteiger partial charge in [-0.25, -0.2) is 0 Å². The molecule has 2 fully saturated rings. The predicted octanol–water partition coefficient (Wildman–Crippen LogP) is 0.863. The second kappa shape index (κ2) is 4.64. The predicted molar refractivity (Wildman–Crippen MR) is 51.7 cm³/mol. The van der Waals surface area contributed by atoms with Crippen LogP contribution in [0.25, 0.3) is 0 Å². The zero-order valence-corrected chi connectivity index (χ0v) is 8.46. The third kappa shape index (κ3) is 2.59. The van der Waals surface area contributed by atoms with Crippen molar-refractivity contribution in [2.24, 2.45) is 5.92 Å². The highest BCUT2D eigenvalue weighted by molar-refractivity contribution is 7.99. The van der Waals surface area contributed by atoms with Crippen LogP contribution in [0.15, 0.2) is 0 Å². The molecule has 3 atom stereocenters. The molecule has 2 aliphatic rings. The maximum Gasteiger partial charge on any atom is 0.158 e. The lowest BCUT2D eigenvalue weighted by atomic mass is 10.1. The summed E-state index contributed by atoms with van der Waals surface area (Å²) >= 11 is 2.01. The number of thioether (sulfide) groups is 1. The summed E-state index contributed by atoms with van der Waals surface area (Å²) in [5.41, 5.74) is 0. The largest absolute Gasteiger partial charge is 0.394 e. The van der Waals surface area contributed by atoms with Crippen molar-refractivity contribution < 1.29 is 14.6 Å². The standard InChI is InChI=1S/C9H16O3S/c10-4-8-5-11-9(12-8)3-7-1-2-13-6-7/h7-10H,1-6H2. The van der Waals surface area contributed by atoms with Gasteiger partial charge in [-0.2, -0.15) is 11.8 Å². The third-order valence-corrected chi connectivity index (χ3v) is 3.80. The Balaban J connectivity index is 1.70. The summed E-state index contributed by atoms with van der Waals surface area (Å²) in [4.78, 5) is 0. The second-order valence-electron chi connectivity index (χ2n) is 3.67. The highest BCUT2D eigenvalue weighted by Gasteiger charge is 2.28. The molecule has 0 spiro atoms. The van der Waals surface area contributed by atoms with Gasteiger partial charge in [-0.3, -0.25) is 0 Å². The summed E-state index contributed by atoms with van der Waals surface area (Å²) in [6, 6.07) is 0. The van der Waals surface area contributed by atoms with Gasteiger partial charge in [0.1, 0.15) is 6.10 Å². The van der Waals surface area contributed by atoms with Crippen LogP contribution in [0, 0.1) is 5.92 Å². The molecule has 2 aliphatic heterocycles. The molecule has 3 unspecified atom stereocenters. The molecule has 0 radical (unpaired) electrons. The van der Waals surface area contributed by atoms with Crippen molar-refractivity contribution in [3.05, 3.63) is 0 Å². The van der Waals surface area contributed by atoms with Crippen molar-refractivity contribution in [2.45, 2.75) is 25.2 Å². The number of hydrogen-bond acceptors (Lipinski definition) is 4. The molecule has 0 saturated carbocycles. The Labute approximate surface area is 82.8 Å². The molecule has 0 aliphatic carbocycles.